The molecule has 0 bridgehead atoms. The van der Waals surface area contributed by atoms with Crippen molar-refractivity contribution in [2.24, 2.45) is 11.8 Å². The van der Waals surface area contributed by atoms with Crippen LogP contribution in [-0.2, 0) is 4.74 Å². The number of nitrogens with one attached hydrogen (secondary N) is 2. The summed E-state index contributed by atoms with van der Waals surface area (Å²) in [4.78, 5) is 12.9. The van der Waals surface area contributed by atoms with Crippen LogP contribution < -0.4 is 10.6 Å². The van der Waals surface area contributed by atoms with Crippen molar-refractivity contribution < 1.29 is 9.53 Å². The molecule has 0 spiro atoms. The number of hydrogen-bond donors (Lipinski definition) is 2. The average molecular weight is 839 g/mol. The average Bonchev–Trinajstić information content (AvgIpc) is 3.26. The predicted octanol–water partition coefficient (Wildman–Crippen LogP) is 19.2. The van der Waals surface area contributed by atoms with Gasteiger partial charge in [-0.1, -0.05) is 259 Å². The molecule has 0 fully saturated rings. The maximum absolute atomic E-state index is 12.9. The largest absolute Gasteiger partial charge is 0.465 e. The Labute approximate surface area is 376 Å². The van der Waals surface area contributed by atoms with Crippen LogP contribution >= 0.6 is 0 Å². The molecule has 0 saturated heterocycles. The van der Waals surface area contributed by atoms with E-state index in [4.69, 9.17) is 4.74 Å². The van der Waals surface area contributed by atoms with Gasteiger partial charge in [-0.2, -0.15) is 0 Å². The van der Waals surface area contributed by atoms with Gasteiger partial charge in [0.15, 0.2) is 0 Å². The number of methoxy groups -OCH3 is 1. The van der Waals surface area contributed by atoms with E-state index in [0.717, 1.165) is 24.5 Å². The highest BCUT2D eigenvalue weighted by atomic mass is 16.5. The standard InChI is InChI=1S/C56H106N2O2/c1-6-10-14-18-22-26-28-32-36-40-44-51(42-38-34-30-24-20-16-12-8-3)49-57-54-46-53(56(59)60-5)47-55(48-54)58-50-52(43-39-35-31-25-21-17-13-9-4)45-41-37-33-29-27-23-19-15-11-7-2/h46-48,51-52,57-58H,6-45,49-50H2,1-5H3. The second-order valence-electron chi connectivity index (χ2n) is 19.3. The van der Waals surface area contributed by atoms with E-state index < -0.39 is 0 Å². The number of rotatable bonds is 47. The summed E-state index contributed by atoms with van der Waals surface area (Å²) in [6.45, 7) is 11.2. The van der Waals surface area contributed by atoms with E-state index in [1.54, 1.807) is 0 Å². The number of hydrogen-bond acceptors (Lipinski definition) is 4. The lowest BCUT2D eigenvalue weighted by Gasteiger charge is -2.21. The van der Waals surface area contributed by atoms with E-state index in [-0.39, 0.29) is 5.97 Å². The Morgan fingerprint density at radius 2 is 0.617 bits per heavy atom. The van der Waals surface area contributed by atoms with Crippen LogP contribution in [0.15, 0.2) is 18.2 Å². The minimum atomic E-state index is -0.247. The number of carbonyl (C=O) groups excluding carboxylic acids is 1. The smallest absolute Gasteiger partial charge is 0.337 e. The first kappa shape index (κ1) is 56.3. The maximum atomic E-state index is 12.9. The minimum absolute atomic E-state index is 0.247. The van der Waals surface area contributed by atoms with Crippen LogP contribution in [0.5, 0.6) is 0 Å². The van der Waals surface area contributed by atoms with Gasteiger partial charge >= 0.3 is 5.97 Å². The molecular formula is C56H106N2O2. The van der Waals surface area contributed by atoms with Crippen molar-refractivity contribution in [3.8, 4) is 0 Å². The Bertz CT molecular complexity index is 972. The van der Waals surface area contributed by atoms with Crippen molar-refractivity contribution in [2.75, 3.05) is 30.8 Å². The van der Waals surface area contributed by atoms with Crippen LogP contribution in [0.1, 0.15) is 295 Å². The fourth-order valence-electron chi connectivity index (χ4n) is 9.26. The summed E-state index contributed by atoms with van der Waals surface area (Å²) in [7, 11) is 1.51. The molecule has 60 heavy (non-hydrogen) atoms. The monoisotopic (exact) mass is 839 g/mol. The Balaban J connectivity index is 2.82. The normalized spacial score (nSPS) is 12.5. The lowest BCUT2D eigenvalue weighted by molar-refractivity contribution is 0.0601. The molecule has 1 aromatic carbocycles. The lowest BCUT2D eigenvalue weighted by Crippen LogP contribution is -2.17. The molecular weight excluding hydrogens is 733 g/mol. The van der Waals surface area contributed by atoms with Gasteiger partial charge in [-0.25, -0.2) is 4.79 Å². The Kier molecular flexibility index (Phi) is 41.2. The SMILES string of the molecule is CCCCCCCCCCCCC(CCCCCCCCCC)CNc1cc(NCC(CCCCCCCCCC)CCCCCCCCCCCC)cc(C(=O)OC)c1. The minimum Gasteiger partial charge on any atom is -0.465 e. The highest BCUT2D eigenvalue weighted by molar-refractivity contribution is 5.92. The highest BCUT2D eigenvalue weighted by Gasteiger charge is 2.14. The van der Waals surface area contributed by atoms with Gasteiger partial charge in [0, 0.05) is 24.5 Å². The number of carbonyl (C=O) groups is 1. The number of unbranched alkanes of at least 4 members (excludes halogenated alkanes) is 32. The van der Waals surface area contributed by atoms with Crippen LogP contribution in [0.2, 0.25) is 0 Å². The fourth-order valence-corrected chi connectivity index (χ4v) is 9.26. The summed E-state index contributed by atoms with van der Waals surface area (Å²) < 4.78 is 5.25. The molecule has 2 N–H and O–H groups in total. The van der Waals surface area contributed by atoms with E-state index >= 15 is 0 Å². The summed E-state index contributed by atoms with van der Waals surface area (Å²) in [5, 5.41) is 7.69. The number of ether oxygens (including phenoxy) is 1. The van der Waals surface area contributed by atoms with Crippen molar-refractivity contribution in [3.63, 3.8) is 0 Å². The molecule has 0 aliphatic heterocycles. The van der Waals surface area contributed by atoms with E-state index in [0.29, 0.717) is 17.4 Å². The molecule has 4 nitrogen and oxygen atoms in total. The third-order valence-electron chi connectivity index (χ3n) is 13.4. The van der Waals surface area contributed by atoms with Gasteiger partial charge in [0.1, 0.15) is 0 Å². The number of benzene rings is 1. The highest BCUT2D eigenvalue weighted by Crippen LogP contribution is 2.26. The maximum Gasteiger partial charge on any atom is 0.337 e. The van der Waals surface area contributed by atoms with Gasteiger partial charge < -0.3 is 15.4 Å². The molecule has 4 heteroatoms. The zero-order valence-electron chi connectivity index (χ0n) is 41.4. The summed E-state index contributed by atoms with van der Waals surface area (Å²) in [5.74, 6) is 1.10. The molecule has 0 aliphatic carbocycles. The van der Waals surface area contributed by atoms with Crippen molar-refractivity contribution in [1.29, 1.82) is 0 Å². The fraction of sp³-hybridized carbons (Fsp3) is 0.875. The topological polar surface area (TPSA) is 50.4 Å². The molecule has 352 valence electrons. The van der Waals surface area contributed by atoms with Gasteiger partial charge in [-0.15, -0.1) is 0 Å². The number of anilines is 2. The zero-order chi connectivity index (χ0) is 43.4. The van der Waals surface area contributed by atoms with E-state index in [2.05, 4.69) is 44.4 Å². The Morgan fingerprint density at radius 3 is 0.850 bits per heavy atom. The van der Waals surface area contributed by atoms with Crippen LogP contribution in [0.25, 0.3) is 0 Å². The molecule has 0 aromatic heterocycles. The first-order chi connectivity index (χ1) is 29.6. The molecule has 0 radical (unpaired) electrons. The van der Waals surface area contributed by atoms with Crippen molar-refractivity contribution in [1.82, 2.24) is 0 Å². The molecule has 0 heterocycles. The van der Waals surface area contributed by atoms with E-state index in [1.807, 2.05) is 12.1 Å². The second-order valence-corrected chi connectivity index (χ2v) is 19.3. The third-order valence-corrected chi connectivity index (χ3v) is 13.4. The van der Waals surface area contributed by atoms with Gasteiger partial charge in [-0.05, 0) is 55.7 Å². The molecule has 1 rings (SSSR count). The van der Waals surface area contributed by atoms with Crippen LogP contribution in [0, 0.1) is 11.8 Å². The Morgan fingerprint density at radius 1 is 0.383 bits per heavy atom. The first-order valence-electron chi connectivity index (χ1n) is 27.3. The van der Waals surface area contributed by atoms with Crippen LogP contribution in [0.4, 0.5) is 11.4 Å². The molecule has 0 amide bonds. The van der Waals surface area contributed by atoms with Crippen molar-refractivity contribution >= 4 is 17.3 Å². The van der Waals surface area contributed by atoms with Gasteiger partial charge in [0.25, 0.3) is 0 Å². The van der Waals surface area contributed by atoms with Crippen LogP contribution in [-0.4, -0.2) is 26.2 Å². The predicted molar refractivity (Wildman–Crippen MR) is 269 cm³/mol. The third kappa shape index (κ3) is 34.8. The summed E-state index contributed by atoms with van der Waals surface area (Å²) in [6, 6.07) is 6.30. The van der Waals surface area contributed by atoms with Crippen molar-refractivity contribution in [2.45, 2.75) is 285 Å². The second kappa shape index (κ2) is 43.9. The van der Waals surface area contributed by atoms with E-state index in [9.17, 15) is 4.79 Å². The van der Waals surface area contributed by atoms with Crippen molar-refractivity contribution in [3.05, 3.63) is 23.8 Å². The zero-order valence-corrected chi connectivity index (χ0v) is 41.4. The summed E-state index contributed by atoms with van der Waals surface area (Å²) in [6.07, 6.45) is 55.1. The van der Waals surface area contributed by atoms with Gasteiger partial charge in [-0.3, -0.25) is 0 Å². The number of esters is 1. The molecule has 2 unspecified atom stereocenters. The Hall–Kier alpha value is -1.71. The molecule has 0 aliphatic rings. The lowest BCUT2D eigenvalue weighted by atomic mass is 9.93. The molecule has 0 saturated carbocycles. The van der Waals surface area contributed by atoms with Crippen LogP contribution in [0.3, 0.4) is 0 Å². The van der Waals surface area contributed by atoms with E-state index in [1.165, 1.54) is 264 Å². The summed E-state index contributed by atoms with van der Waals surface area (Å²) in [5.41, 5.74) is 2.76. The molecule has 1 aromatic rings. The summed E-state index contributed by atoms with van der Waals surface area (Å²) >= 11 is 0. The van der Waals surface area contributed by atoms with Gasteiger partial charge in [0.05, 0.1) is 12.7 Å². The first-order valence-corrected chi connectivity index (χ1v) is 27.3. The molecule has 2 atom stereocenters. The quantitative estimate of drug-likeness (QED) is 0.0507. The van der Waals surface area contributed by atoms with Gasteiger partial charge in [0.2, 0.25) is 0 Å².